The Morgan fingerprint density at radius 3 is 1.62 bits per heavy atom. The second-order valence-electron chi connectivity index (χ2n) is 16.4. The summed E-state index contributed by atoms with van der Waals surface area (Å²) in [6.07, 6.45) is 13.3. The molecule has 8 nitrogen and oxygen atoms in total. The first-order valence-electron chi connectivity index (χ1n) is 21.0. The maximum absolute atomic E-state index is 13.2. The molecule has 14 heteroatoms. The van der Waals surface area contributed by atoms with Crippen molar-refractivity contribution in [2.24, 2.45) is 5.92 Å². The van der Waals surface area contributed by atoms with E-state index in [0.717, 1.165) is 117 Å². The number of likely N-dealkylation sites (tertiary alicyclic amines) is 2. The molecule has 320 valence electrons. The molecule has 0 atom stereocenters. The Bertz CT molecular complexity index is 2420. The van der Waals surface area contributed by atoms with Crippen LogP contribution in [-0.2, 0) is 35.2 Å². The molecule has 0 spiro atoms. The number of fused-ring (bicyclic) bond motifs is 4. The normalized spacial score (nSPS) is 17.9. The number of methoxy groups -OCH3 is 1. The summed E-state index contributed by atoms with van der Waals surface area (Å²) >= 11 is 27.5. The first kappa shape index (κ1) is 45.0. The van der Waals surface area contributed by atoms with Gasteiger partial charge in [-0.05, 0) is 174 Å². The lowest BCUT2D eigenvalue weighted by Crippen LogP contribution is -2.41. The number of nitrogens with one attached hydrogen (secondary N) is 1. The summed E-state index contributed by atoms with van der Waals surface area (Å²) in [4.78, 5) is 38.3. The molecule has 0 bridgehead atoms. The van der Waals surface area contributed by atoms with Crippen LogP contribution in [0.4, 0.5) is 4.79 Å². The topological polar surface area (TPSA) is 87.7 Å². The zero-order valence-corrected chi connectivity index (χ0v) is 41.9. The molecule has 3 saturated heterocycles. The second-order valence-corrected chi connectivity index (χ2v) is 20.8. The molecule has 3 aliphatic heterocycles. The SMILES string of the molecule is COC(=O)N1CCC(CC(=O)N2CCC(=C3c4ncc(Br)cc4CCc4cc(Cl)cc(Br)c43)CC2)CC1.Clc1cc(Br)c2c(c1)CCc1cc(Br)cnc1C2=C1CCNCC1. The van der Waals surface area contributed by atoms with Crippen molar-refractivity contribution >= 4 is 110 Å². The van der Waals surface area contributed by atoms with Gasteiger partial charge in [0.2, 0.25) is 5.91 Å². The van der Waals surface area contributed by atoms with E-state index in [9.17, 15) is 9.59 Å². The van der Waals surface area contributed by atoms with E-state index in [-0.39, 0.29) is 12.0 Å². The zero-order chi connectivity index (χ0) is 42.8. The number of benzene rings is 2. The summed E-state index contributed by atoms with van der Waals surface area (Å²) < 4.78 is 8.91. The molecule has 1 N–H and O–H groups in total. The Morgan fingerprint density at radius 2 is 1.13 bits per heavy atom. The van der Waals surface area contributed by atoms with E-state index in [1.165, 1.54) is 62.8 Å². The molecule has 0 unspecified atom stereocenters. The fourth-order valence-electron chi connectivity index (χ4n) is 9.55. The van der Waals surface area contributed by atoms with Gasteiger partial charge in [-0.3, -0.25) is 14.8 Å². The van der Waals surface area contributed by atoms with Crippen LogP contribution in [0.1, 0.15) is 89.7 Å². The molecule has 2 amide bonds. The van der Waals surface area contributed by atoms with E-state index < -0.39 is 0 Å². The highest BCUT2D eigenvalue weighted by Gasteiger charge is 2.31. The lowest BCUT2D eigenvalue weighted by atomic mass is 9.88. The van der Waals surface area contributed by atoms with Gasteiger partial charge in [0, 0.05) is 95.2 Å². The Morgan fingerprint density at radius 1 is 0.656 bits per heavy atom. The average molecular weight is 1120 g/mol. The minimum absolute atomic E-state index is 0.220. The summed E-state index contributed by atoms with van der Waals surface area (Å²) in [5.41, 5.74) is 15.1. The van der Waals surface area contributed by atoms with Crippen LogP contribution in [0.15, 0.2) is 77.8 Å². The van der Waals surface area contributed by atoms with E-state index in [1.54, 1.807) is 4.90 Å². The van der Waals surface area contributed by atoms with Gasteiger partial charge in [-0.25, -0.2) is 4.79 Å². The number of rotatable bonds is 2. The highest BCUT2D eigenvalue weighted by molar-refractivity contribution is 9.11. The number of amides is 2. The third-order valence-electron chi connectivity index (χ3n) is 12.6. The number of hydrogen-bond acceptors (Lipinski definition) is 6. The number of carbonyl (C=O) groups excluding carboxylic acids is 2. The minimum Gasteiger partial charge on any atom is -0.453 e. The smallest absolute Gasteiger partial charge is 0.409 e. The highest BCUT2D eigenvalue weighted by atomic mass is 79.9. The molecule has 5 aliphatic rings. The molecule has 4 aromatic rings. The third-order valence-corrected chi connectivity index (χ3v) is 15.1. The van der Waals surface area contributed by atoms with Gasteiger partial charge >= 0.3 is 6.09 Å². The second kappa shape index (κ2) is 20.1. The summed E-state index contributed by atoms with van der Waals surface area (Å²) in [5.74, 6) is 0.536. The summed E-state index contributed by atoms with van der Waals surface area (Å²) in [7, 11) is 1.41. The fraction of sp³-hybridized carbons (Fsp3) is 0.404. The highest BCUT2D eigenvalue weighted by Crippen LogP contribution is 2.44. The first-order valence-corrected chi connectivity index (χ1v) is 24.9. The van der Waals surface area contributed by atoms with Crippen LogP contribution in [0.3, 0.4) is 0 Å². The quantitative estimate of drug-likeness (QED) is 0.215. The summed E-state index contributed by atoms with van der Waals surface area (Å²) in [5, 5.41) is 4.97. The molecular formula is C47H47Br4Cl2N5O3. The van der Waals surface area contributed by atoms with E-state index in [4.69, 9.17) is 37.9 Å². The number of halogens is 6. The maximum Gasteiger partial charge on any atom is 0.409 e. The van der Waals surface area contributed by atoms with Crippen molar-refractivity contribution in [1.29, 1.82) is 0 Å². The fourth-order valence-corrected chi connectivity index (χ4v) is 12.4. The van der Waals surface area contributed by atoms with Crippen LogP contribution in [0, 0.1) is 5.92 Å². The standard InChI is InChI=1S/C28H30Br2ClN3O3.C19H17Br2ClN2/c1-37-28(36)34-8-4-17(5-9-34)12-24(35)33-10-6-18(7-11-33)26-25-19(14-22(31)15-23(25)30)2-3-20-13-21(29)16-32-27(20)26;20-14-7-13-2-1-12-8-15(22)9-16(21)17(12)18(19(13)24-10-14)11-3-5-23-6-4-11/h13-17H,2-12H2,1H3;7-10,23H,1-6H2. The van der Waals surface area contributed by atoms with Crippen molar-refractivity contribution in [3.8, 4) is 0 Å². The van der Waals surface area contributed by atoms with Crippen LogP contribution in [0.25, 0.3) is 11.1 Å². The molecule has 2 aromatic heterocycles. The summed E-state index contributed by atoms with van der Waals surface area (Å²) in [6.45, 7) is 4.80. The van der Waals surface area contributed by atoms with Crippen LogP contribution in [0.5, 0.6) is 0 Å². The van der Waals surface area contributed by atoms with E-state index in [2.05, 4.69) is 93.3 Å². The van der Waals surface area contributed by atoms with Crippen LogP contribution in [-0.4, -0.2) is 78.1 Å². The monoisotopic (exact) mass is 1110 g/mol. The number of nitrogens with zero attached hydrogens (tertiary/aromatic N) is 4. The van der Waals surface area contributed by atoms with E-state index in [1.807, 2.05) is 29.4 Å². The van der Waals surface area contributed by atoms with Gasteiger partial charge in [-0.1, -0.05) is 66.2 Å². The molecule has 0 radical (unpaired) electrons. The molecule has 61 heavy (non-hydrogen) atoms. The van der Waals surface area contributed by atoms with Crippen molar-refractivity contribution < 1.29 is 14.3 Å². The maximum atomic E-state index is 13.2. The molecular weight excluding hydrogens is 1070 g/mol. The number of carbonyl (C=O) groups is 2. The van der Waals surface area contributed by atoms with Crippen LogP contribution >= 0.6 is 86.9 Å². The third kappa shape index (κ3) is 10.2. The lowest BCUT2D eigenvalue weighted by molar-refractivity contribution is -0.132. The number of aryl methyl sites for hydroxylation is 4. The number of pyridine rings is 2. The summed E-state index contributed by atoms with van der Waals surface area (Å²) in [6, 6.07) is 12.6. The van der Waals surface area contributed by atoms with Gasteiger partial charge in [0.25, 0.3) is 0 Å². The van der Waals surface area contributed by atoms with Crippen molar-refractivity contribution in [3.05, 3.63) is 133 Å². The van der Waals surface area contributed by atoms with E-state index in [0.29, 0.717) is 38.5 Å². The average Bonchev–Trinajstić information content (AvgIpc) is 3.52. The Labute approximate surface area is 401 Å². The van der Waals surface area contributed by atoms with Crippen molar-refractivity contribution in [2.45, 2.75) is 70.6 Å². The minimum atomic E-state index is -0.279. The number of piperidine rings is 3. The number of ether oxygens (including phenoxy) is 1. The largest absolute Gasteiger partial charge is 0.453 e. The molecule has 2 aliphatic carbocycles. The molecule has 5 heterocycles. The first-order chi connectivity index (χ1) is 29.5. The Balaban J connectivity index is 0.000000184. The Hall–Kier alpha value is -2.58. The van der Waals surface area contributed by atoms with Crippen LogP contribution in [0.2, 0.25) is 10.0 Å². The Kier molecular flexibility index (Phi) is 14.8. The number of aromatic nitrogens is 2. The van der Waals surface area contributed by atoms with Gasteiger partial charge in [0.1, 0.15) is 0 Å². The molecule has 9 rings (SSSR count). The molecule has 0 saturated carbocycles. The van der Waals surface area contributed by atoms with Gasteiger partial charge in [-0.2, -0.15) is 0 Å². The molecule has 3 fully saturated rings. The lowest BCUT2D eigenvalue weighted by Gasteiger charge is -2.34. The molecule has 2 aromatic carbocycles. The van der Waals surface area contributed by atoms with Gasteiger partial charge < -0.3 is 19.9 Å². The van der Waals surface area contributed by atoms with Crippen molar-refractivity contribution in [1.82, 2.24) is 25.1 Å². The van der Waals surface area contributed by atoms with Gasteiger partial charge in [0.15, 0.2) is 0 Å². The van der Waals surface area contributed by atoms with Gasteiger partial charge in [0.05, 0.1) is 18.5 Å². The van der Waals surface area contributed by atoms with Crippen molar-refractivity contribution in [3.63, 3.8) is 0 Å². The predicted octanol–water partition coefficient (Wildman–Crippen LogP) is 12.2. The van der Waals surface area contributed by atoms with E-state index >= 15 is 0 Å². The van der Waals surface area contributed by atoms with Crippen molar-refractivity contribution in [2.75, 3.05) is 46.4 Å². The van der Waals surface area contributed by atoms with Gasteiger partial charge in [-0.15, -0.1) is 0 Å². The number of hydrogen-bond donors (Lipinski definition) is 1. The van der Waals surface area contributed by atoms with Crippen LogP contribution < -0.4 is 5.32 Å². The zero-order valence-electron chi connectivity index (χ0n) is 34.0. The predicted molar refractivity (Wildman–Crippen MR) is 258 cm³/mol.